The van der Waals surface area contributed by atoms with Crippen LogP contribution < -0.4 is 4.90 Å². The highest BCUT2D eigenvalue weighted by Gasteiger charge is 2.17. The second-order valence-electron chi connectivity index (χ2n) is 7.16. The van der Waals surface area contributed by atoms with Gasteiger partial charge in [-0.3, -0.25) is 9.78 Å². The van der Waals surface area contributed by atoms with Crippen LogP contribution in [0, 0.1) is 25.2 Å². The van der Waals surface area contributed by atoms with E-state index in [1.165, 1.54) is 11.0 Å². The Hall–Kier alpha value is -3.98. The smallest absolute Gasteiger partial charge is 0.331 e. The van der Waals surface area contributed by atoms with Crippen LogP contribution in [0.2, 0.25) is 0 Å². The van der Waals surface area contributed by atoms with Crippen LogP contribution in [0.3, 0.4) is 0 Å². The van der Waals surface area contributed by atoms with Gasteiger partial charge in [-0.2, -0.15) is 5.26 Å². The van der Waals surface area contributed by atoms with Gasteiger partial charge < -0.3 is 9.64 Å². The number of fused-ring (bicyclic) bond motifs is 1. The number of carbonyl (C=O) groups is 2. The summed E-state index contributed by atoms with van der Waals surface area (Å²) in [6.07, 6.45) is 4.78. The van der Waals surface area contributed by atoms with Gasteiger partial charge in [-0.25, -0.2) is 4.79 Å². The topological polar surface area (TPSA) is 83.3 Å². The van der Waals surface area contributed by atoms with Crippen molar-refractivity contribution in [3.05, 3.63) is 77.5 Å². The first-order valence-electron chi connectivity index (χ1n) is 9.92. The molecule has 0 N–H and O–H groups in total. The van der Waals surface area contributed by atoms with Crippen molar-refractivity contribution in [2.24, 2.45) is 0 Å². The number of benzene rings is 2. The molecule has 0 aliphatic rings. The molecule has 6 heteroatoms. The van der Waals surface area contributed by atoms with E-state index in [9.17, 15) is 9.59 Å². The summed E-state index contributed by atoms with van der Waals surface area (Å²) in [5.74, 6) is -1.00. The second kappa shape index (κ2) is 10.2. The number of esters is 1. The zero-order valence-electron chi connectivity index (χ0n) is 17.5. The van der Waals surface area contributed by atoms with E-state index in [1.54, 1.807) is 12.3 Å². The fraction of sp³-hybridized carbons (Fsp3) is 0.200. The normalized spacial score (nSPS) is 10.7. The van der Waals surface area contributed by atoms with Crippen LogP contribution in [0.1, 0.15) is 23.1 Å². The third-order valence-electron chi connectivity index (χ3n) is 4.67. The zero-order valence-corrected chi connectivity index (χ0v) is 17.5. The van der Waals surface area contributed by atoms with Crippen molar-refractivity contribution in [2.45, 2.75) is 20.3 Å². The molecule has 1 aromatic heterocycles. The molecule has 0 aliphatic heterocycles. The van der Waals surface area contributed by atoms with Crippen LogP contribution in [-0.4, -0.2) is 30.0 Å². The van der Waals surface area contributed by atoms with E-state index in [2.05, 4.69) is 11.1 Å². The Kier molecular flexibility index (Phi) is 7.13. The average molecular weight is 413 g/mol. The summed E-state index contributed by atoms with van der Waals surface area (Å²) in [6.45, 7) is 3.70. The second-order valence-corrected chi connectivity index (χ2v) is 7.16. The number of aryl methyl sites for hydroxylation is 2. The van der Waals surface area contributed by atoms with Crippen molar-refractivity contribution >= 4 is 34.5 Å². The minimum Gasteiger partial charge on any atom is -0.452 e. The number of ether oxygens (including phenoxy) is 1. The number of carbonyl (C=O) groups excluding carboxylic acids is 2. The van der Waals surface area contributed by atoms with Gasteiger partial charge in [0.05, 0.1) is 18.0 Å². The maximum Gasteiger partial charge on any atom is 0.331 e. The highest BCUT2D eigenvalue weighted by atomic mass is 16.5. The van der Waals surface area contributed by atoms with Crippen molar-refractivity contribution in [2.75, 3.05) is 18.1 Å². The molecule has 1 amide bonds. The minimum atomic E-state index is -0.623. The van der Waals surface area contributed by atoms with Gasteiger partial charge in [-0.1, -0.05) is 30.3 Å². The molecular formula is C25H23N3O3. The number of nitrogens with zero attached hydrogens (tertiary/aromatic N) is 3. The van der Waals surface area contributed by atoms with E-state index in [0.717, 1.165) is 27.6 Å². The Bertz CT molecular complexity index is 1150. The molecule has 3 rings (SSSR count). The molecule has 0 radical (unpaired) electrons. The van der Waals surface area contributed by atoms with E-state index in [0.29, 0.717) is 5.69 Å². The Morgan fingerprint density at radius 2 is 1.87 bits per heavy atom. The Labute approximate surface area is 181 Å². The summed E-state index contributed by atoms with van der Waals surface area (Å²) < 4.78 is 5.16. The summed E-state index contributed by atoms with van der Waals surface area (Å²) in [4.78, 5) is 30.7. The lowest BCUT2D eigenvalue weighted by Crippen LogP contribution is -2.35. The summed E-state index contributed by atoms with van der Waals surface area (Å²) in [6, 6.07) is 17.3. The van der Waals surface area contributed by atoms with Gasteiger partial charge in [0.25, 0.3) is 5.91 Å². The number of rotatable bonds is 7. The molecule has 0 atom stereocenters. The molecule has 0 saturated carbocycles. The third kappa shape index (κ3) is 5.77. The summed E-state index contributed by atoms with van der Waals surface area (Å²) >= 11 is 0. The van der Waals surface area contributed by atoms with Gasteiger partial charge in [0, 0.05) is 35.5 Å². The molecule has 0 aliphatic carbocycles. The Morgan fingerprint density at radius 1 is 1.13 bits per heavy atom. The maximum absolute atomic E-state index is 12.7. The van der Waals surface area contributed by atoms with Crippen LogP contribution in [0.5, 0.6) is 0 Å². The SMILES string of the molecule is Cc1cc(C)cc(N(CCC#N)C(=O)COC(=O)/C=C/c2cccc3cccnc23)c1. The average Bonchev–Trinajstić information content (AvgIpc) is 2.75. The number of hydrogen-bond donors (Lipinski definition) is 0. The van der Waals surface area contributed by atoms with Crippen molar-refractivity contribution in [1.82, 2.24) is 4.98 Å². The fourth-order valence-electron chi connectivity index (χ4n) is 3.35. The molecule has 0 bridgehead atoms. The largest absolute Gasteiger partial charge is 0.452 e. The van der Waals surface area contributed by atoms with E-state index in [1.807, 2.05) is 62.4 Å². The molecule has 0 fully saturated rings. The summed E-state index contributed by atoms with van der Waals surface area (Å²) in [5, 5.41) is 9.90. The highest BCUT2D eigenvalue weighted by molar-refractivity contribution is 5.97. The standard InChI is InChI=1S/C25H23N3O3/c1-18-14-19(2)16-22(15-18)28(13-5-11-26)23(29)17-31-24(30)10-9-21-7-3-6-20-8-4-12-27-25(20)21/h3-4,6-10,12,14-16H,5,13,17H2,1-2H3/b10-9+. The maximum atomic E-state index is 12.7. The highest BCUT2D eigenvalue weighted by Crippen LogP contribution is 2.20. The molecule has 6 nitrogen and oxygen atoms in total. The zero-order chi connectivity index (χ0) is 22.2. The first-order chi connectivity index (χ1) is 15.0. The molecular weight excluding hydrogens is 390 g/mol. The third-order valence-corrected chi connectivity index (χ3v) is 4.67. The van der Waals surface area contributed by atoms with Gasteiger partial charge in [-0.15, -0.1) is 0 Å². The lowest BCUT2D eigenvalue weighted by molar-refractivity contribution is -0.142. The molecule has 0 spiro atoms. The molecule has 156 valence electrons. The number of para-hydroxylation sites is 1. The minimum absolute atomic E-state index is 0.181. The van der Waals surface area contributed by atoms with E-state index in [4.69, 9.17) is 10.00 Å². The Morgan fingerprint density at radius 3 is 2.61 bits per heavy atom. The van der Waals surface area contributed by atoms with Crippen molar-refractivity contribution in [3.63, 3.8) is 0 Å². The van der Waals surface area contributed by atoms with E-state index in [-0.39, 0.29) is 18.9 Å². The van der Waals surface area contributed by atoms with Crippen LogP contribution in [0.15, 0.2) is 60.8 Å². The van der Waals surface area contributed by atoms with E-state index < -0.39 is 12.6 Å². The molecule has 0 saturated heterocycles. The van der Waals surface area contributed by atoms with Crippen LogP contribution in [0.25, 0.3) is 17.0 Å². The van der Waals surface area contributed by atoms with E-state index >= 15 is 0 Å². The first-order valence-corrected chi connectivity index (χ1v) is 9.92. The lowest BCUT2D eigenvalue weighted by atomic mass is 10.1. The number of pyridine rings is 1. The molecule has 31 heavy (non-hydrogen) atoms. The van der Waals surface area contributed by atoms with Crippen LogP contribution in [0.4, 0.5) is 5.69 Å². The lowest BCUT2D eigenvalue weighted by Gasteiger charge is -2.22. The molecule has 1 heterocycles. The van der Waals surface area contributed by atoms with Crippen molar-refractivity contribution in [3.8, 4) is 6.07 Å². The van der Waals surface area contributed by atoms with Crippen molar-refractivity contribution in [1.29, 1.82) is 5.26 Å². The van der Waals surface area contributed by atoms with Crippen LogP contribution >= 0.6 is 0 Å². The van der Waals surface area contributed by atoms with Gasteiger partial charge in [-0.05, 0) is 49.2 Å². The van der Waals surface area contributed by atoms with Crippen LogP contribution in [-0.2, 0) is 14.3 Å². The summed E-state index contributed by atoms with van der Waals surface area (Å²) in [5.41, 5.74) is 4.27. The number of hydrogen-bond acceptors (Lipinski definition) is 5. The number of anilines is 1. The predicted octanol–water partition coefficient (Wildman–Crippen LogP) is 4.35. The van der Waals surface area contributed by atoms with Gasteiger partial charge >= 0.3 is 5.97 Å². The summed E-state index contributed by atoms with van der Waals surface area (Å²) in [7, 11) is 0. The van der Waals surface area contributed by atoms with Crippen molar-refractivity contribution < 1.29 is 14.3 Å². The molecule has 3 aromatic rings. The predicted molar refractivity (Wildman–Crippen MR) is 120 cm³/mol. The first kappa shape index (κ1) is 21.7. The monoisotopic (exact) mass is 413 g/mol. The number of nitriles is 1. The fourth-order valence-corrected chi connectivity index (χ4v) is 3.35. The molecule has 0 unspecified atom stereocenters. The molecule has 2 aromatic carbocycles. The number of aromatic nitrogens is 1. The number of amides is 1. The van der Waals surface area contributed by atoms with Gasteiger partial charge in [0.1, 0.15) is 0 Å². The Balaban J connectivity index is 1.67. The van der Waals surface area contributed by atoms with Gasteiger partial charge in [0.15, 0.2) is 6.61 Å². The quantitative estimate of drug-likeness (QED) is 0.425. The van der Waals surface area contributed by atoms with Gasteiger partial charge in [0.2, 0.25) is 0 Å².